The Balaban J connectivity index is 1.77. The summed E-state index contributed by atoms with van der Waals surface area (Å²) in [4.78, 5) is 15.4. The molecule has 2 aromatic carbocycles. The topological polar surface area (TPSA) is 49.0 Å². The van der Waals surface area contributed by atoms with Gasteiger partial charge in [-0.25, -0.2) is 4.79 Å². The zero-order valence-corrected chi connectivity index (χ0v) is 19.9. The molecule has 2 amide bonds. The number of unbranched alkanes of at least 4 members (excludes halogenated alkanes) is 2. The number of nitrogens with two attached hydrogens (primary N) is 1. The lowest BCUT2D eigenvalue weighted by atomic mass is 9.97. The molecular weight excluding hydrogens is 394 g/mol. The first-order valence-corrected chi connectivity index (χ1v) is 12.3. The van der Waals surface area contributed by atoms with Crippen molar-refractivity contribution in [3.8, 4) is 0 Å². The Morgan fingerprint density at radius 1 is 1.06 bits per heavy atom. The number of aryl methyl sites for hydroxylation is 1. The summed E-state index contributed by atoms with van der Waals surface area (Å²) in [5.74, 6) is 0.581. The molecule has 1 saturated heterocycles. The van der Waals surface area contributed by atoms with Crippen molar-refractivity contribution < 1.29 is 10.1 Å². The number of hydrogen-bond acceptors (Lipinski definition) is 1. The summed E-state index contributed by atoms with van der Waals surface area (Å²) in [5.41, 5.74) is 4.61. The zero-order valence-electron chi connectivity index (χ0n) is 19.9. The number of carbonyl (C=O) groups is 1. The SMILES string of the molecule is CCCCC/C(=C\c1ccccc1)CN(CC1CC[NH2+]CC1)C(=O)Nc1ccc(C)cc1. The van der Waals surface area contributed by atoms with E-state index in [1.54, 1.807) is 0 Å². The van der Waals surface area contributed by atoms with E-state index < -0.39 is 0 Å². The minimum atomic E-state index is 0.0119. The van der Waals surface area contributed by atoms with Crippen molar-refractivity contribution >= 4 is 17.8 Å². The molecule has 4 heteroatoms. The van der Waals surface area contributed by atoms with Gasteiger partial charge in [-0.15, -0.1) is 0 Å². The largest absolute Gasteiger partial charge is 0.346 e. The molecule has 1 heterocycles. The molecule has 0 aromatic heterocycles. The van der Waals surface area contributed by atoms with E-state index in [2.05, 4.69) is 65.8 Å². The van der Waals surface area contributed by atoms with Gasteiger partial charge in [-0.2, -0.15) is 0 Å². The van der Waals surface area contributed by atoms with Gasteiger partial charge in [0.2, 0.25) is 0 Å². The number of rotatable bonds is 10. The first-order valence-electron chi connectivity index (χ1n) is 12.3. The van der Waals surface area contributed by atoms with Gasteiger partial charge < -0.3 is 15.5 Å². The van der Waals surface area contributed by atoms with Gasteiger partial charge >= 0.3 is 6.03 Å². The third-order valence-corrected chi connectivity index (χ3v) is 6.29. The molecule has 4 nitrogen and oxygen atoms in total. The van der Waals surface area contributed by atoms with E-state index in [0.29, 0.717) is 12.5 Å². The highest BCUT2D eigenvalue weighted by molar-refractivity contribution is 5.89. The fourth-order valence-electron chi connectivity index (χ4n) is 4.38. The number of hydrogen-bond donors (Lipinski definition) is 2. The molecular formula is C28H40N3O+. The Bertz CT molecular complexity index is 839. The first kappa shape index (κ1) is 24.1. The number of piperidine rings is 1. The quantitative estimate of drug-likeness (QED) is 0.479. The average molecular weight is 435 g/mol. The predicted molar refractivity (Wildman–Crippen MR) is 135 cm³/mol. The van der Waals surface area contributed by atoms with E-state index in [0.717, 1.165) is 18.7 Å². The molecule has 1 fully saturated rings. The minimum Gasteiger partial charge on any atom is -0.346 e. The molecule has 0 aliphatic carbocycles. The maximum atomic E-state index is 13.4. The summed E-state index contributed by atoms with van der Waals surface area (Å²) in [6, 6.07) is 18.6. The second-order valence-corrected chi connectivity index (χ2v) is 9.16. The Morgan fingerprint density at radius 2 is 1.78 bits per heavy atom. The van der Waals surface area contributed by atoms with Crippen LogP contribution in [0.4, 0.5) is 10.5 Å². The van der Waals surface area contributed by atoms with Crippen molar-refractivity contribution in [2.75, 3.05) is 31.5 Å². The van der Waals surface area contributed by atoms with Crippen molar-refractivity contribution in [1.82, 2.24) is 4.90 Å². The molecule has 32 heavy (non-hydrogen) atoms. The van der Waals surface area contributed by atoms with Gasteiger partial charge in [0.25, 0.3) is 0 Å². The lowest BCUT2D eigenvalue weighted by Crippen LogP contribution is -2.86. The molecule has 1 aliphatic rings. The second kappa shape index (κ2) is 13.1. The summed E-state index contributed by atoms with van der Waals surface area (Å²) in [6.45, 7) is 8.15. The molecule has 3 N–H and O–H groups in total. The Labute approximate surface area is 194 Å². The highest BCUT2D eigenvalue weighted by Crippen LogP contribution is 2.19. The van der Waals surface area contributed by atoms with Crippen LogP contribution >= 0.6 is 0 Å². The molecule has 0 radical (unpaired) electrons. The van der Waals surface area contributed by atoms with Gasteiger partial charge in [-0.3, -0.25) is 0 Å². The van der Waals surface area contributed by atoms with Gasteiger partial charge in [-0.1, -0.05) is 79.4 Å². The standard InChI is InChI=1S/C28H39N3O/c1-3-4-6-11-26(20-24-9-7-5-8-10-24)22-31(21-25-16-18-29-19-17-25)28(32)30-27-14-12-23(2)13-15-27/h5,7-10,12-15,20,25,29H,3-4,6,11,16-19,21-22H2,1-2H3,(H,30,32)/p+1/b26-20+. The monoisotopic (exact) mass is 434 g/mol. The second-order valence-electron chi connectivity index (χ2n) is 9.16. The summed E-state index contributed by atoms with van der Waals surface area (Å²) >= 11 is 0. The normalized spacial score (nSPS) is 14.9. The number of benzene rings is 2. The molecule has 2 aromatic rings. The number of carbonyl (C=O) groups excluding carboxylic acids is 1. The molecule has 1 aliphatic heterocycles. The maximum Gasteiger partial charge on any atom is 0.322 e. The molecule has 3 rings (SSSR count). The first-order chi connectivity index (χ1) is 15.6. The number of quaternary nitrogens is 1. The summed E-state index contributed by atoms with van der Waals surface area (Å²) < 4.78 is 0. The van der Waals surface area contributed by atoms with E-state index >= 15 is 0 Å². The van der Waals surface area contributed by atoms with Crippen LogP contribution in [0.3, 0.4) is 0 Å². The molecule has 0 unspecified atom stereocenters. The number of urea groups is 1. The fourth-order valence-corrected chi connectivity index (χ4v) is 4.38. The van der Waals surface area contributed by atoms with Crippen LogP contribution in [0.15, 0.2) is 60.2 Å². The minimum absolute atomic E-state index is 0.0119. The number of nitrogens with zero attached hydrogens (tertiary/aromatic N) is 1. The fraction of sp³-hybridized carbons (Fsp3) is 0.464. The third-order valence-electron chi connectivity index (χ3n) is 6.29. The van der Waals surface area contributed by atoms with Crippen LogP contribution in [0.25, 0.3) is 6.08 Å². The highest BCUT2D eigenvalue weighted by atomic mass is 16.2. The van der Waals surface area contributed by atoms with Crippen LogP contribution in [0.5, 0.6) is 0 Å². The highest BCUT2D eigenvalue weighted by Gasteiger charge is 2.23. The van der Waals surface area contributed by atoms with Gasteiger partial charge in [0.05, 0.1) is 13.1 Å². The average Bonchev–Trinajstić information content (AvgIpc) is 2.81. The van der Waals surface area contributed by atoms with E-state index in [4.69, 9.17) is 0 Å². The Morgan fingerprint density at radius 3 is 2.47 bits per heavy atom. The van der Waals surface area contributed by atoms with Crippen LogP contribution in [-0.2, 0) is 0 Å². The maximum absolute atomic E-state index is 13.4. The lowest BCUT2D eigenvalue weighted by molar-refractivity contribution is -0.664. The van der Waals surface area contributed by atoms with Crippen LogP contribution in [0.1, 0.15) is 56.6 Å². The van der Waals surface area contributed by atoms with Crippen LogP contribution in [-0.4, -0.2) is 37.1 Å². The van der Waals surface area contributed by atoms with Crippen molar-refractivity contribution in [2.45, 2.75) is 52.4 Å². The van der Waals surface area contributed by atoms with Crippen molar-refractivity contribution in [3.63, 3.8) is 0 Å². The van der Waals surface area contributed by atoms with Gasteiger partial charge in [0.1, 0.15) is 0 Å². The number of amides is 2. The van der Waals surface area contributed by atoms with E-state index in [1.165, 1.54) is 61.9 Å². The summed E-state index contributed by atoms with van der Waals surface area (Å²) in [5, 5.41) is 5.53. The van der Waals surface area contributed by atoms with E-state index in [9.17, 15) is 4.79 Å². The van der Waals surface area contributed by atoms with Crippen molar-refractivity contribution in [3.05, 3.63) is 71.3 Å². The molecule has 172 valence electrons. The molecule has 0 spiro atoms. The van der Waals surface area contributed by atoms with Gasteiger partial charge in [-0.05, 0) is 43.4 Å². The lowest BCUT2D eigenvalue weighted by Gasteiger charge is -2.30. The van der Waals surface area contributed by atoms with Gasteiger partial charge in [0, 0.05) is 31.6 Å². The van der Waals surface area contributed by atoms with Crippen molar-refractivity contribution in [2.24, 2.45) is 5.92 Å². The number of anilines is 1. The van der Waals surface area contributed by atoms with Crippen LogP contribution in [0.2, 0.25) is 0 Å². The Hall–Kier alpha value is -2.59. The molecule has 0 bridgehead atoms. The van der Waals surface area contributed by atoms with Gasteiger partial charge in [0.15, 0.2) is 0 Å². The molecule has 0 saturated carbocycles. The van der Waals surface area contributed by atoms with Crippen LogP contribution < -0.4 is 10.6 Å². The van der Waals surface area contributed by atoms with E-state index in [-0.39, 0.29) is 6.03 Å². The third kappa shape index (κ3) is 8.16. The zero-order chi connectivity index (χ0) is 22.6. The predicted octanol–water partition coefficient (Wildman–Crippen LogP) is 5.47. The van der Waals surface area contributed by atoms with Crippen molar-refractivity contribution in [1.29, 1.82) is 0 Å². The van der Waals surface area contributed by atoms with Crippen LogP contribution in [0, 0.1) is 12.8 Å². The summed E-state index contributed by atoms with van der Waals surface area (Å²) in [6.07, 6.45) is 9.28. The Kier molecular flexibility index (Phi) is 9.83. The summed E-state index contributed by atoms with van der Waals surface area (Å²) in [7, 11) is 0. The molecule has 0 atom stereocenters. The number of nitrogens with one attached hydrogen (secondary N) is 1. The van der Waals surface area contributed by atoms with E-state index in [1.807, 2.05) is 24.3 Å². The smallest absolute Gasteiger partial charge is 0.322 e.